The number of anilines is 1. The Morgan fingerprint density at radius 1 is 1.24 bits per heavy atom. The molecular formula is C19H23NO. The van der Waals surface area contributed by atoms with Gasteiger partial charge in [-0.05, 0) is 60.6 Å². The fraction of sp³-hybridized carbons (Fsp3) is 0.368. The van der Waals surface area contributed by atoms with E-state index in [1.807, 2.05) is 0 Å². The van der Waals surface area contributed by atoms with Crippen molar-refractivity contribution >= 4 is 5.69 Å². The van der Waals surface area contributed by atoms with Gasteiger partial charge < -0.3 is 10.1 Å². The molecule has 0 aromatic heterocycles. The fourth-order valence-corrected chi connectivity index (χ4v) is 3.26. The van der Waals surface area contributed by atoms with E-state index >= 15 is 0 Å². The van der Waals surface area contributed by atoms with Gasteiger partial charge in [0.15, 0.2) is 0 Å². The number of methoxy groups -OCH3 is 1. The first kappa shape index (κ1) is 14.0. The molecule has 2 aromatic carbocycles. The molecule has 1 unspecified atom stereocenters. The summed E-state index contributed by atoms with van der Waals surface area (Å²) in [5, 5.41) is 3.78. The molecule has 2 heteroatoms. The summed E-state index contributed by atoms with van der Waals surface area (Å²) in [6.45, 7) is 4.40. The van der Waals surface area contributed by atoms with Crippen molar-refractivity contribution in [3.63, 3.8) is 0 Å². The first-order valence-corrected chi connectivity index (χ1v) is 7.74. The van der Waals surface area contributed by atoms with Gasteiger partial charge in [0.25, 0.3) is 0 Å². The minimum atomic E-state index is 0.390. The SMILES string of the molecule is CCc1cccc(C)c1NC1CCc2ccc(OC)cc21. The summed E-state index contributed by atoms with van der Waals surface area (Å²) in [4.78, 5) is 0. The van der Waals surface area contributed by atoms with Gasteiger partial charge in [0.05, 0.1) is 13.2 Å². The number of fused-ring (bicyclic) bond motifs is 1. The summed E-state index contributed by atoms with van der Waals surface area (Å²) >= 11 is 0. The van der Waals surface area contributed by atoms with Crippen molar-refractivity contribution in [3.05, 3.63) is 58.7 Å². The van der Waals surface area contributed by atoms with E-state index in [0.29, 0.717) is 6.04 Å². The van der Waals surface area contributed by atoms with E-state index in [9.17, 15) is 0 Å². The molecule has 1 aliphatic carbocycles. The van der Waals surface area contributed by atoms with Crippen LogP contribution in [0, 0.1) is 6.92 Å². The van der Waals surface area contributed by atoms with Crippen molar-refractivity contribution in [1.29, 1.82) is 0 Å². The number of aryl methyl sites for hydroxylation is 3. The molecule has 2 aromatic rings. The highest BCUT2D eigenvalue weighted by Crippen LogP contribution is 2.37. The number of nitrogens with one attached hydrogen (secondary N) is 1. The molecule has 0 aliphatic heterocycles. The molecule has 0 radical (unpaired) electrons. The molecule has 21 heavy (non-hydrogen) atoms. The molecule has 0 spiro atoms. The van der Waals surface area contributed by atoms with Crippen LogP contribution in [0.15, 0.2) is 36.4 Å². The van der Waals surface area contributed by atoms with Gasteiger partial charge in [0, 0.05) is 5.69 Å². The van der Waals surface area contributed by atoms with Gasteiger partial charge in [-0.15, -0.1) is 0 Å². The summed E-state index contributed by atoms with van der Waals surface area (Å²) in [6.07, 6.45) is 3.35. The largest absolute Gasteiger partial charge is 0.497 e. The molecule has 0 saturated carbocycles. The maximum atomic E-state index is 5.38. The maximum absolute atomic E-state index is 5.38. The highest BCUT2D eigenvalue weighted by Gasteiger charge is 2.23. The number of benzene rings is 2. The van der Waals surface area contributed by atoms with E-state index < -0.39 is 0 Å². The summed E-state index contributed by atoms with van der Waals surface area (Å²) in [7, 11) is 1.73. The Labute approximate surface area is 127 Å². The standard InChI is InChI=1S/C19H23NO/c1-4-14-7-5-6-13(2)19(14)20-18-11-9-15-8-10-16(21-3)12-17(15)18/h5-8,10,12,18,20H,4,9,11H2,1-3H3. The van der Waals surface area contributed by atoms with Gasteiger partial charge in [-0.1, -0.05) is 31.2 Å². The van der Waals surface area contributed by atoms with Crippen LogP contribution < -0.4 is 10.1 Å². The van der Waals surface area contributed by atoms with Crippen molar-refractivity contribution in [2.75, 3.05) is 12.4 Å². The first-order valence-electron chi connectivity index (χ1n) is 7.74. The smallest absolute Gasteiger partial charge is 0.119 e. The third-order valence-corrected chi connectivity index (χ3v) is 4.49. The zero-order chi connectivity index (χ0) is 14.8. The number of rotatable bonds is 4. The Morgan fingerprint density at radius 2 is 2.10 bits per heavy atom. The zero-order valence-corrected chi connectivity index (χ0v) is 13.1. The van der Waals surface area contributed by atoms with Crippen molar-refractivity contribution in [2.45, 2.75) is 39.2 Å². The van der Waals surface area contributed by atoms with E-state index in [4.69, 9.17) is 4.74 Å². The van der Waals surface area contributed by atoms with Crippen molar-refractivity contribution < 1.29 is 4.74 Å². The van der Waals surface area contributed by atoms with Crippen LogP contribution in [0.1, 0.15) is 41.6 Å². The number of para-hydroxylation sites is 1. The molecule has 0 fully saturated rings. The second-order valence-electron chi connectivity index (χ2n) is 5.76. The molecule has 3 rings (SSSR count). The third-order valence-electron chi connectivity index (χ3n) is 4.49. The Kier molecular flexibility index (Phi) is 3.87. The maximum Gasteiger partial charge on any atom is 0.119 e. The minimum absolute atomic E-state index is 0.390. The summed E-state index contributed by atoms with van der Waals surface area (Å²) in [6, 6.07) is 13.4. The third kappa shape index (κ3) is 2.63. The number of ether oxygens (including phenoxy) is 1. The van der Waals surface area contributed by atoms with E-state index in [0.717, 1.165) is 25.0 Å². The molecule has 2 nitrogen and oxygen atoms in total. The molecular weight excluding hydrogens is 258 g/mol. The van der Waals surface area contributed by atoms with Gasteiger partial charge in [0.1, 0.15) is 5.75 Å². The first-order chi connectivity index (χ1) is 10.2. The van der Waals surface area contributed by atoms with E-state index in [1.165, 1.54) is 27.9 Å². The van der Waals surface area contributed by atoms with Gasteiger partial charge >= 0.3 is 0 Å². The van der Waals surface area contributed by atoms with Gasteiger partial charge in [0.2, 0.25) is 0 Å². The molecule has 1 aliphatic rings. The molecule has 0 amide bonds. The summed E-state index contributed by atoms with van der Waals surface area (Å²) in [5.41, 5.74) is 6.86. The Hall–Kier alpha value is -1.96. The zero-order valence-electron chi connectivity index (χ0n) is 13.1. The van der Waals surface area contributed by atoms with Crippen LogP contribution in [0.5, 0.6) is 5.75 Å². The van der Waals surface area contributed by atoms with Crippen LogP contribution in [0.2, 0.25) is 0 Å². The van der Waals surface area contributed by atoms with Gasteiger partial charge in [-0.3, -0.25) is 0 Å². The van der Waals surface area contributed by atoms with E-state index in [-0.39, 0.29) is 0 Å². The van der Waals surface area contributed by atoms with Crippen molar-refractivity contribution in [1.82, 2.24) is 0 Å². The van der Waals surface area contributed by atoms with Crippen molar-refractivity contribution in [3.8, 4) is 5.75 Å². The summed E-state index contributed by atoms with van der Waals surface area (Å²) in [5.74, 6) is 0.947. The quantitative estimate of drug-likeness (QED) is 0.879. The number of hydrogen-bond acceptors (Lipinski definition) is 2. The van der Waals surface area contributed by atoms with Gasteiger partial charge in [-0.2, -0.15) is 0 Å². The Morgan fingerprint density at radius 3 is 2.86 bits per heavy atom. The topological polar surface area (TPSA) is 21.3 Å². The monoisotopic (exact) mass is 281 g/mol. The van der Waals surface area contributed by atoms with Crippen LogP contribution in [0.4, 0.5) is 5.69 Å². The Balaban J connectivity index is 1.92. The molecule has 1 N–H and O–H groups in total. The second kappa shape index (κ2) is 5.80. The van der Waals surface area contributed by atoms with E-state index in [1.54, 1.807) is 7.11 Å². The van der Waals surface area contributed by atoms with Crippen LogP contribution in [0.25, 0.3) is 0 Å². The average molecular weight is 281 g/mol. The lowest BCUT2D eigenvalue weighted by Crippen LogP contribution is -2.10. The fourth-order valence-electron chi connectivity index (χ4n) is 3.26. The minimum Gasteiger partial charge on any atom is -0.497 e. The predicted octanol–water partition coefficient (Wildman–Crippen LogP) is 4.67. The van der Waals surface area contributed by atoms with Crippen LogP contribution in [0.3, 0.4) is 0 Å². The molecule has 1 atom stereocenters. The molecule has 0 heterocycles. The molecule has 0 saturated heterocycles. The Bertz CT molecular complexity index is 648. The van der Waals surface area contributed by atoms with Crippen molar-refractivity contribution in [2.24, 2.45) is 0 Å². The lowest BCUT2D eigenvalue weighted by atomic mass is 10.0. The van der Waals surface area contributed by atoms with Crippen LogP contribution >= 0.6 is 0 Å². The van der Waals surface area contributed by atoms with Crippen LogP contribution in [-0.2, 0) is 12.8 Å². The van der Waals surface area contributed by atoms with Gasteiger partial charge in [-0.25, -0.2) is 0 Å². The summed E-state index contributed by atoms with van der Waals surface area (Å²) < 4.78 is 5.38. The second-order valence-corrected chi connectivity index (χ2v) is 5.76. The normalized spacial score (nSPS) is 16.6. The average Bonchev–Trinajstić information content (AvgIpc) is 2.91. The highest BCUT2D eigenvalue weighted by molar-refractivity contribution is 5.59. The lowest BCUT2D eigenvalue weighted by Gasteiger charge is -2.20. The highest BCUT2D eigenvalue weighted by atomic mass is 16.5. The predicted molar refractivity (Wildman–Crippen MR) is 88.2 cm³/mol. The molecule has 0 bridgehead atoms. The lowest BCUT2D eigenvalue weighted by molar-refractivity contribution is 0.414. The van der Waals surface area contributed by atoms with E-state index in [2.05, 4.69) is 55.6 Å². The van der Waals surface area contributed by atoms with Crippen LogP contribution in [-0.4, -0.2) is 7.11 Å². The molecule has 110 valence electrons. The number of hydrogen-bond donors (Lipinski definition) is 1.